The molecule has 122 valence electrons. The Balaban J connectivity index is 1.83. The summed E-state index contributed by atoms with van der Waals surface area (Å²) in [6.07, 6.45) is 10.2. The molecule has 1 saturated heterocycles. The van der Waals surface area contributed by atoms with Crippen LogP contribution in [0.15, 0.2) is 6.20 Å². The molecule has 0 aromatic carbocycles. The third kappa shape index (κ3) is 2.91. The Kier molecular flexibility index (Phi) is 4.26. The smallest absolute Gasteiger partial charge is 0.307 e. The van der Waals surface area contributed by atoms with Crippen molar-refractivity contribution in [2.75, 3.05) is 6.54 Å². The van der Waals surface area contributed by atoms with E-state index in [0.29, 0.717) is 6.54 Å². The molecule has 5 nitrogen and oxygen atoms in total. The van der Waals surface area contributed by atoms with Crippen LogP contribution in [0.25, 0.3) is 0 Å². The Morgan fingerprint density at radius 3 is 2.68 bits per heavy atom. The maximum absolute atomic E-state index is 11.4. The van der Waals surface area contributed by atoms with Crippen LogP contribution >= 0.6 is 0 Å². The third-order valence-electron chi connectivity index (χ3n) is 5.66. The number of carboxylic acids is 1. The van der Waals surface area contributed by atoms with Crippen LogP contribution in [0.1, 0.15) is 56.2 Å². The zero-order chi connectivity index (χ0) is 15.7. The van der Waals surface area contributed by atoms with Crippen molar-refractivity contribution in [1.29, 1.82) is 0 Å². The first-order chi connectivity index (χ1) is 10.5. The molecule has 3 rings (SSSR count). The van der Waals surface area contributed by atoms with Gasteiger partial charge in [-0.15, -0.1) is 0 Å². The molecule has 5 heteroatoms. The number of aromatic nitrogens is 2. The molecule has 1 unspecified atom stereocenters. The number of aryl methyl sites for hydroxylation is 2. The number of aliphatic carboxylic acids is 1. The Morgan fingerprint density at radius 1 is 1.36 bits per heavy atom. The van der Waals surface area contributed by atoms with Gasteiger partial charge >= 0.3 is 5.97 Å². The Hall–Kier alpha value is -1.36. The van der Waals surface area contributed by atoms with Crippen LogP contribution in [-0.2, 0) is 18.4 Å². The summed E-state index contributed by atoms with van der Waals surface area (Å²) >= 11 is 0. The molecular formula is C17H27N3O2. The van der Waals surface area contributed by atoms with Crippen molar-refractivity contribution in [2.45, 2.75) is 64.0 Å². The molecule has 2 aliphatic rings. The van der Waals surface area contributed by atoms with Crippen LogP contribution in [0.2, 0.25) is 0 Å². The highest BCUT2D eigenvalue weighted by Gasteiger charge is 2.44. The van der Waals surface area contributed by atoms with Gasteiger partial charge in [0.25, 0.3) is 0 Å². The molecule has 1 aromatic heterocycles. The molecule has 1 aliphatic carbocycles. The quantitative estimate of drug-likeness (QED) is 0.933. The van der Waals surface area contributed by atoms with Crippen molar-refractivity contribution in [1.82, 2.24) is 14.7 Å². The highest BCUT2D eigenvalue weighted by atomic mass is 16.4. The maximum Gasteiger partial charge on any atom is 0.307 e. The minimum atomic E-state index is -0.645. The van der Waals surface area contributed by atoms with Gasteiger partial charge in [0.05, 0.1) is 11.6 Å². The van der Waals surface area contributed by atoms with E-state index in [-0.39, 0.29) is 11.5 Å². The largest absolute Gasteiger partial charge is 0.481 e. The fraction of sp³-hybridized carbons (Fsp3) is 0.765. The van der Waals surface area contributed by atoms with Gasteiger partial charge in [0.15, 0.2) is 0 Å². The lowest BCUT2D eigenvalue weighted by Gasteiger charge is -2.51. The highest BCUT2D eigenvalue weighted by molar-refractivity contribution is 5.70. The first-order valence-corrected chi connectivity index (χ1v) is 8.47. The SMILES string of the molecule is Cc1cn(C)nc1CN1CC(C(=O)O)CCC12CCCCC2. The van der Waals surface area contributed by atoms with Crippen molar-refractivity contribution in [2.24, 2.45) is 13.0 Å². The fourth-order valence-electron chi connectivity index (χ4n) is 4.35. The van der Waals surface area contributed by atoms with E-state index in [9.17, 15) is 9.90 Å². The van der Waals surface area contributed by atoms with Crippen molar-refractivity contribution < 1.29 is 9.90 Å². The summed E-state index contributed by atoms with van der Waals surface area (Å²) < 4.78 is 1.86. The molecule has 2 fully saturated rings. The number of carboxylic acid groups (broad SMARTS) is 1. The lowest BCUT2D eigenvalue weighted by molar-refractivity contribution is -0.146. The van der Waals surface area contributed by atoms with E-state index in [1.807, 2.05) is 17.9 Å². The van der Waals surface area contributed by atoms with Gasteiger partial charge in [0, 0.05) is 31.9 Å². The molecule has 1 saturated carbocycles. The van der Waals surface area contributed by atoms with Crippen LogP contribution in [-0.4, -0.2) is 37.8 Å². The number of nitrogens with zero attached hydrogens (tertiary/aromatic N) is 3. The summed E-state index contributed by atoms with van der Waals surface area (Å²) in [7, 11) is 1.95. The third-order valence-corrected chi connectivity index (χ3v) is 5.66. The molecule has 1 aliphatic heterocycles. The fourth-order valence-corrected chi connectivity index (χ4v) is 4.35. The molecule has 1 spiro atoms. The van der Waals surface area contributed by atoms with Crippen LogP contribution in [0, 0.1) is 12.8 Å². The van der Waals surface area contributed by atoms with E-state index in [1.54, 1.807) is 0 Å². The number of rotatable bonds is 3. The Bertz CT molecular complexity index is 546. The minimum absolute atomic E-state index is 0.216. The molecule has 1 N–H and O–H groups in total. The average molecular weight is 305 g/mol. The van der Waals surface area contributed by atoms with E-state index in [2.05, 4.69) is 16.9 Å². The van der Waals surface area contributed by atoms with Crippen LogP contribution in [0.5, 0.6) is 0 Å². The molecule has 2 heterocycles. The summed E-state index contributed by atoms with van der Waals surface area (Å²) in [5.41, 5.74) is 2.51. The normalized spacial score (nSPS) is 25.5. The number of hydrogen-bond acceptors (Lipinski definition) is 3. The van der Waals surface area contributed by atoms with Crippen molar-refractivity contribution in [3.8, 4) is 0 Å². The second-order valence-corrected chi connectivity index (χ2v) is 7.17. The molecule has 0 amide bonds. The molecular weight excluding hydrogens is 278 g/mol. The van der Waals surface area contributed by atoms with E-state index < -0.39 is 5.97 Å². The molecule has 0 radical (unpaired) electrons. The van der Waals surface area contributed by atoms with Gasteiger partial charge in [0.1, 0.15) is 0 Å². The van der Waals surface area contributed by atoms with Crippen molar-refractivity contribution >= 4 is 5.97 Å². The van der Waals surface area contributed by atoms with Gasteiger partial charge in [-0.3, -0.25) is 14.4 Å². The lowest BCUT2D eigenvalue weighted by Crippen LogP contribution is -2.55. The monoisotopic (exact) mass is 305 g/mol. The van der Waals surface area contributed by atoms with E-state index >= 15 is 0 Å². The van der Waals surface area contributed by atoms with Gasteiger partial charge in [0.2, 0.25) is 0 Å². The van der Waals surface area contributed by atoms with E-state index in [0.717, 1.165) is 25.1 Å². The first kappa shape index (κ1) is 15.5. The number of carbonyl (C=O) groups is 1. The predicted molar refractivity (Wildman–Crippen MR) is 84.5 cm³/mol. The van der Waals surface area contributed by atoms with Crippen molar-refractivity contribution in [3.05, 3.63) is 17.5 Å². The van der Waals surface area contributed by atoms with Gasteiger partial charge in [-0.25, -0.2) is 0 Å². The zero-order valence-electron chi connectivity index (χ0n) is 13.7. The van der Waals surface area contributed by atoms with Crippen LogP contribution in [0.4, 0.5) is 0 Å². The summed E-state index contributed by atoms with van der Waals surface area (Å²) in [6, 6.07) is 0. The zero-order valence-corrected chi connectivity index (χ0v) is 13.7. The summed E-state index contributed by atoms with van der Waals surface area (Å²) in [4.78, 5) is 13.9. The highest BCUT2D eigenvalue weighted by Crippen LogP contribution is 2.42. The summed E-state index contributed by atoms with van der Waals surface area (Å²) in [5.74, 6) is -0.870. The Morgan fingerprint density at radius 2 is 2.09 bits per heavy atom. The molecule has 1 atom stereocenters. The maximum atomic E-state index is 11.4. The van der Waals surface area contributed by atoms with Gasteiger partial charge < -0.3 is 5.11 Å². The topological polar surface area (TPSA) is 58.4 Å². The number of piperidine rings is 1. The number of hydrogen-bond donors (Lipinski definition) is 1. The number of likely N-dealkylation sites (tertiary alicyclic amines) is 1. The van der Waals surface area contributed by atoms with E-state index in [4.69, 9.17) is 0 Å². The average Bonchev–Trinajstić information content (AvgIpc) is 2.80. The summed E-state index contributed by atoms with van der Waals surface area (Å²) in [5, 5.41) is 14.0. The second kappa shape index (κ2) is 6.03. The second-order valence-electron chi connectivity index (χ2n) is 7.17. The van der Waals surface area contributed by atoms with Gasteiger partial charge in [-0.1, -0.05) is 19.3 Å². The Labute approximate surface area is 132 Å². The van der Waals surface area contributed by atoms with Crippen LogP contribution < -0.4 is 0 Å². The first-order valence-electron chi connectivity index (χ1n) is 8.47. The molecule has 1 aromatic rings. The lowest BCUT2D eigenvalue weighted by atomic mass is 9.72. The minimum Gasteiger partial charge on any atom is -0.481 e. The van der Waals surface area contributed by atoms with Crippen LogP contribution in [0.3, 0.4) is 0 Å². The van der Waals surface area contributed by atoms with Crippen molar-refractivity contribution in [3.63, 3.8) is 0 Å². The summed E-state index contributed by atoms with van der Waals surface area (Å²) in [6.45, 7) is 3.55. The van der Waals surface area contributed by atoms with E-state index in [1.165, 1.54) is 37.7 Å². The standard InChI is InChI=1S/C17H27N3O2/c1-13-10-19(2)18-15(13)12-20-11-14(16(21)22)6-9-17(20)7-4-3-5-8-17/h10,14H,3-9,11-12H2,1-2H3,(H,21,22). The predicted octanol–water partition coefficient (Wildman–Crippen LogP) is 2.73. The molecule has 0 bridgehead atoms. The molecule has 22 heavy (non-hydrogen) atoms. The van der Waals surface area contributed by atoms with Gasteiger partial charge in [-0.2, -0.15) is 5.10 Å². The van der Waals surface area contributed by atoms with Gasteiger partial charge in [-0.05, 0) is 38.2 Å².